The van der Waals surface area contributed by atoms with Crippen LogP contribution in [0.4, 0.5) is 0 Å². The summed E-state index contributed by atoms with van der Waals surface area (Å²) in [6.07, 6.45) is 0. The van der Waals surface area contributed by atoms with Gasteiger partial charge in [0.15, 0.2) is 0 Å². The van der Waals surface area contributed by atoms with Crippen LogP contribution in [0.5, 0.6) is 0 Å². The number of imide groups is 1. The number of halogens is 2. The third-order valence-electron chi connectivity index (χ3n) is 3.78. The average molecular weight is 423 g/mol. The van der Waals surface area contributed by atoms with Gasteiger partial charge in [0.05, 0.1) is 17.7 Å². The third kappa shape index (κ3) is 2.63. The second kappa shape index (κ2) is 6.34. The number of carbonyl (C=O) groups excluding carboxylic acids is 2. The van der Waals surface area contributed by atoms with E-state index in [-0.39, 0.29) is 11.8 Å². The van der Waals surface area contributed by atoms with Crippen LogP contribution in [-0.2, 0) is 17.2 Å². The van der Waals surface area contributed by atoms with Crippen LogP contribution < -0.4 is 0 Å². The standard InChI is InChI=1S/C17H13Br2NO2/c18-8-11-5-6-12(9-19)13(7-11)10-20-16(21)14-3-1-2-4-15(14)17(20)22/h1-7H,8-10H2. The first kappa shape index (κ1) is 15.4. The number of alkyl halides is 2. The molecule has 0 radical (unpaired) electrons. The highest BCUT2D eigenvalue weighted by atomic mass is 79.9. The van der Waals surface area contributed by atoms with E-state index in [9.17, 15) is 9.59 Å². The summed E-state index contributed by atoms with van der Waals surface area (Å²) in [4.78, 5) is 26.2. The van der Waals surface area contributed by atoms with Crippen molar-refractivity contribution in [2.45, 2.75) is 17.2 Å². The molecule has 2 aromatic carbocycles. The van der Waals surface area contributed by atoms with E-state index in [2.05, 4.69) is 31.9 Å². The largest absolute Gasteiger partial charge is 0.270 e. The average Bonchev–Trinajstić information content (AvgIpc) is 2.80. The zero-order chi connectivity index (χ0) is 15.7. The Bertz CT molecular complexity index is 723. The molecule has 2 amide bonds. The van der Waals surface area contributed by atoms with Crippen LogP contribution in [-0.4, -0.2) is 16.7 Å². The van der Waals surface area contributed by atoms with Crippen molar-refractivity contribution in [1.82, 2.24) is 4.90 Å². The molecule has 3 nitrogen and oxygen atoms in total. The molecular formula is C17H13Br2NO2. The number of carbonyl (C=O) groups is 2. The fraction of sp³-hybridized carbons (Fsp3) is 0.176. The molecule has 0 atom stereocenters. The van der Waals surface area contributed by atoms with Crippen LogP contribution in [0, 0.1) is 0 Å². The van der Waals surface area contributed by atoms with E-state index in [0.717, 1.165) is 22.0 Å². The number of benzene rings is 2. The first-order valence-electron chi connectivity index (χ1n) is 6.83. The monoisotopic (exact) mass is 421 g/mol. The normalized spacial score (nSPS) is 13.6. The van der Waals surface area contributed by atoms with Gasteiger partial charge in [-0.15, -0.1) is 0 Å². The van der Waals surface area contributed by atoms with Gasteiger partial charge in [0.25, 0.3) is 11.8 Å². The first-order chi connectivity index (χ1) is 10.7. The van der Waals surface area contributed by atoms with Crippen molar-refractivity contribution in [2.24, 2.45) is 0 Å². The summed E-state index contributed by atoms with van der Waals surface area (Å²) >= 11 is 6.90. The fourth-order valence-electron chi connectivity index (χ4n) is 2.59. The van der Waals surface area contributed by atoms with Crippen molar-refractivity contribution in [1.29, 1.82) is 0 Å². The molecular weight excluding hydrogens is 410 g/mol. The van der Waals surface area contributed by atoms with Gasteiger partial charge in [0.2, 0.25) is 0 Å². The number of fused-ring (bicyclic) bond motifs is 1. The highest BCUT2D eigenvalue weighted by molar-refractivity contribution is 9.08. The third-order valence-corrected chi connectivity index (χ3v) is 5.03. The lowest BCUT2D eigenvalue weighted by atomic mass is 10.1. The molecule has 3 rings (SSSR count). The van der Waals surface area contributed by atoms with Gasteiger partial charge in [-0.25, -0.2) is 0 Å². The molecule has 5 heteroatoms. The van der Waals surface area contributed by atoms with Crippen molar-refractivity contribution in [3.05, 3.63) is 70.3 Å². The molecule has 2 aromatic rings. The minimum absolute atomic E-state index is 0.217. The van der Waals surface area contributed by atoms with E-state index >= 15 is 0 Å². The molecule has 1 aliphatic rings. The van der Waals surface area contributed by atoms with Crippen molar-refractivity contribution in [3.63, 3.8) is 0 Å². The highest BCUT2D eigenvalue weighted by Crippen LogP contribution is 2.26. The predicted octanol–water partition coefficient (Wildman–Crippen LogP) is 4.27. The summed E-state index contributed by atoms with van der Waals surface area (Å²) < 4.78 is 0. The van der Waals surface area contributed by atoms with E-state index in [1.165, 1.54) is 4.90 Å². The molecule has 0 aliphatic carbocycles. The zero-order valence-corrected chi connectivity index (χ0v) is 14.9. The quantitative estimate of drug-likeness (QED) is 0.544. The second-order valence-electron chi connectivity index (χ2n) is 5.11. The lowest BCUT2D eigenvalue weighted by molar-refractivity contribution is 0.0642. The van der Waals surface area contributed by atoms with E-state index in [1.54, 1.807) is 24.3 Å². The number of amides is 2. The maximum Gasteiger partial charge on any atom is 0.261 e. The highest BCUT2D eigenvalue weighted by Gasteiger charge is 2.35. The van der Waals surface area contributed by atoms with Gasteiger partial charge in [0.1, 0.15) is 0 Å². The molecule has 22 heavy (non-hydrogen) atoms. The number of hydrogen-bond donors (Lipinski definition) is 0. The van der Waals surface area contributed by atoms with Crippen LogP contribution in [0.25, 0.3) is 0 Å². The molecule has 112 valence electrons. The maximum atomic E-state index is 12.4. The van der Waals surface area contributed by atoms with Crippen LogP contribution in [0.15, 0.2) is 42.5 Å². The van der Waals surface area contributed by atoms with Crippen LogP contribution in [0.2, 0.25) is 0 Å². The molecule has 0 N–H and O–H groups in total. The number of hydrogen-bond acceptors (Lipinski definition) is 2. The molecule has 1 heterocycles. The molecule has 1 aliphatic heterocycles. The predicted molar refractivity (Wildman–Crippen MR) is 92.4 cm³/mol. The summed E-state index contributed by atoms with van der Waals surface area (Å²) in [5, 5.41) is 1.43. The Morgan fingerprint density at radius 3 is 2.00 bits per heavy atom. The van der Waals surface area contributed by atoms with Crippen molar-refractivity contribution >= 4 is 43.7 Å². The fourth-order valence-corrected chi connectivity index (χ4v) is 3.49. The molecule has 0 bridgehead atoms. The van der Waals surface area contributed by atoms with E-state index in [1.807, 2.05) is 18.2 Å². The molecule has 0 fully saturated rings. The lowest BCUT2D eigenvalue weighted by Gasteiger charge is -2.17. The molecule has 0 saturated heterocycles. The zero-order valence-electron chi connectivity index (χ0n) is 11.7. The second-order valence-corrected chi connectivity index (χ2v) is 6.23. The molecule has 0 saturated carbocycles. The molecule has 0 spiro atoms. The van der Waals surface area contributed by atoms with Crippen LogP contribution in [0.1, 0.15) is 37.4 Å². The molecule has 0 unspecified atom stereocenters. The Hall–Kier alpha value is -1.46. The van der Waals surface area contributed by atoms with Crippen LogP contribution >= 0.6 is 31.9 Å². The Kier molecular flexibility index (Phi) is 4.45. The van der Waals surface area contributed by atoms with Gasteiger partial charge < -0.3 is 0 Å². The van der Waals surface area contributed by atoms with E-state index in [0.29, 0.717) is 23.0 Å². The minimum Gasteiger partial charge on any atom is -0.270 e. The Morgan fingerprint density at radius 1 is 0.818 bits per heavy atom. The SMILES string of the molecule is O=C1c2ccccc2C(=O)N1Cc1cc(CBr)ccc1CBr. The summed E-state index contributed by atoms with van der Waals surface area (Å²) in [7, 11) is 0. The maximum absolute atomic E-state index is 12.4. The van der Waals surface area contributed by atoms with Crippen molar-refractivity contribution in [2.75, 3.05) is 0 Å². The number of rotatable bonds is 4. The first-order valence-corrected chi connectivity index (χ1v) is 9.08. The van der Waals surface area contributed by atoms with Crippen molar-refractivity contribution < 1.29 is 9.59 Å². The summed E-state index contributed by atoms with van der Waals surface area (Å²) in [5.41, 5.74) is 4.18. The summed E-state index contributed by atoms with van der Waals surface area (Å²) in [6, 6.07) is 13.1. The molecule has 0 aromatic heterocycles. The minimum atomic E-state index is -0.217. The van der Waals surface area contributed by atoms with Crippen LogP contribution in [0.3, 0.4) is 0 Å². The van der Waals surface area contributed by atoms with Gasteiger partial charge in [-0.2, -0.15) is 0 Å². The lowest BCUT2D eigenvalue weighted by Crippen LogP contribution is -2.29. The van der Waals surface area contributed by atoms with Crippen molar-refractivity contribution in [3.8, 4) is 0 Å². The topological polar surface area (TPSA) is 37.4 Å². The summed E-state index contributed by atoms with van der Waals surface area (Å²) in [5.74, 6) is -0.435. The number of nitrogens with zero attached hydrogens (tertiary/aromatic N) is 1. The van der Waals surface area contributed by atoms with E-state index < -0.39 is 0 Å². The van der Waals surface area contributed by atoms with Gasteiger partial charge in [-0.05, 0) is 28.8 Å². The Balaban J connectivity index is 1.95. The Morgan fingerprint density at radius 2 is 1.45 bits per heavy atom. The Labute approximate surface area is 145 Å². The van der Waals surface area contributed by atoms with Gasteiger partial charge in [-0.3, -0.25) is 14.5 Å². The smallest absolute Gasteiger partial charge is 0.261 e. The van der Waals surface area contributed by atoms with Gasteiger partial charge >= 0.3 is 0 Å². The van der Waals surface area contributed by atoms with E-state index in [4.69, 9.17) is 0 Å². The summed E-state index contributed by atoms with van der Waals surface area (Å²) in [6.45, 7) is 0.300. The van der Waals surface area contributed by atoms with Gasteiger partial charge in [0, 0.05) is 10.7 Å². The van der Waals surface area contributed by atoms with Gasteiger partial charge in [-0.1, -0.05) is 62.2 Å².